The summed E-state index contributed by atoms with van der Waals surface area (Å²) in [6.45, 7) is 24.1. The van der Waals surface area contributed by atoms with Gasteiger partial charge in [0.05, 0.1) is 17.1 Å². The highest BCUT2D eigenvalue weighted by Crippen LogP contribution is 2.77. The van der Waals surface area contributed by atoms with E-state index in [-0.39, 0.29) is 27.2 Å². The van der Waals surface area contributed by atoms with Crippen molar-refractivity contribution in [2.24, 2.45) is 56.7 Å². The second-order valence-corrected chi connectivity index (χ2v) is 21.7. The number of carbonyl (C=O) groups is 1. The molecule has 4 N–H and O–H groups in total. The molecule has 0 aromatic heterocycles. The number of carboxylic acids is 1. The maximum atomic E-state index is 14.9. The minimum atomic E-state index is -2.36. The van der Waals surface area contributed by atoms with Crippen LogP contribution in [0.2, 0.25) is 0 Å². The molecule has 7 rings (SSSR count). The lowest BCUT2D eigenvalue weighted by Gasteiger charge is -2.72. The number of allylic oxidation sites excluding steroid dienone is 3. The SMILES string of the molecule is C=C(C)[C@@H]1CC[C@]2(CNCCN3CCS(O)(O)CC3)CC[C@]3(C)[C@H](CC[C@@H]4[C@@]5(C)CC=C(c6ccc(C(=O)O)c(F)c6)C(C)(C)[C@@H]5CC[C@]43C)[C@@H]12. The van der Waals surface area contributed by atoms with E-state index in [9.17, 15) is 23.4 Å². The molecule has 1 heterocycles. The van der Waals surface area contributed by atoms with Gasteiger partial charge >= 0.3 is 5.97 Å². The van der Waals surface area contributed by atoms with Crippen LogP contribution in [0, 0.1) is 62.5 Å². The molecule has 9 atom stereocenters. The number of carboxylic acid groups (broad SMARTS) is 1. The van der Waals surface area contributed by atoms with Gasteiger partial charge < -0.3 is 10.4 Å². The average molecular weight is 725 g/mol. The predicted molar refractivity (Wildman–Crippen MR) is 208 cm³/mol. The molecular weight excluding hydrogens is 660 g/mol. The fraction of sp³-hybridized carbons (Fsp3) is 0.744. The summed E-state index contributed by atoms with van der Waals surface area (Å²) in [7, 11) is -2.36. The molecule has 6 nitrogen and oxygen atoms in total. The van der Waals surface area contributed by atoms with Gasteiger partial charge in [0.15, 0.2) is 0 Å². The van der Waals surface area contributed by atoms with Gasteiger partial charge in [-0.25, -0.2) is 9.18 Å². The molecule has 284 valence electrons. The zero-order valence-electron chi connectivity index (χ0n) is 32.2. The Morgan fingerprint density at radius 2 is 1.71 bits per heavy atom. The van der Waals surface area contributed by atoms with Gasteiger partial charge in [0.2, 0.25) is 0 Å². The standard InChI is InChI=1S/C43H65FN2O4S/c1-28(2)30-12-17-43(27-45-20-21-46-22-24-51(49,50)25-23-46)19-18-41(6)33(37(30)43)10-11-36-40(5)15-13-32(29-8-9-31(38(47)48)34(44)26-29)39(3,4)35(40)14-16-42(36,41)7/h8-9,13,26,30,33,35-37,45,49-50H,1,10-12,14-25,27H2,2-7H3,(H,47,48)/t30-,33+,35-,36+,37+,40-,41+,42+,43+/m0/s1. The summed E-state index contributed by atoms with van der Waals surface area (Å²) in [5.41, 5.74) is 3.92. The summed E-state index contributed by atoms with van der Waals surface area (Å²) in [6.07, 6.45) is 13.4. The van der Waals surface area contributed by atoms with Crippen LogP contribution in [-0.4, -0.2) is 69.3 Å². The normalized spacial score (nSPS) is 42.1. The Bertz CT molecular complexity index is 1580. The molecule has 5 fully saturated rings. The molecule has 0 bridgehead atoms. The lowest BCUT2D eigenvalue weighted by atomic mass is 9.32. The van der Waals surface area contributed by atoms with Crippen molar-refractivity contribution >= 4 is 22.1 Å². The molecule has 4 saturated carbocycles. The van der Waals surface area contributed by atoms with Crippen molar-refractivity contribution in [1.29, 1.82) is 0 Å². The zero-order chi connectivity index (χ0) is 36.8. The highest BCUT2D eigenvalue weighted by atomic mass is 32.3. The molecule has 1 aromatic rings. The maximum absolute atomic E-state index is 14.9. The van der Waals surface area contributed by atoms with Crippen LogP contribution < -0.4 is 5.32 Å². The molecule has 0 spiro atoms. The van der Waals surface area contributed by atoms with Gasteiger partial charge in [-0.05, 0) is 145 Å². The molecular formula is C43H65FN2O4S. The third kappa shape index (κ3) is 5.91. The number of aromatic carboxylic acids is 1. The van der Waals surface area contributed by atoms with Gasteiger partial charge in [-0.1, -0.05) is 58.9 Å². The fourth-order valence-corrected chi connectivity index (χ4v) is 15.4. The lowest BCUT2D eigenvalue weighted by molar-refractivity contribution is -0.225. The highest BCUT2D eigenvalue weighted by molar-refractivity contribution is 8.24. The Balaban J connectivity index is 1.12. The smallest absolute Gasteiger partial charge is 0.338 e. The minimum Gasteiger partial charge on any atom is -0.478 e. The van der Waals surface area contributed by atoms with E-state index >= 15 is 0 Å². The van der Waals surface area contributed by atoms with E-state index in [2.05, 4.69) is 64.4 Å². The van der Waals surface area contributed by atoms with Gasteiger partial charge in [-0.2, -0.15) is 10.6 Å². The number of nitrogens with zero attached hydrogens (tertiary/aromatic N) is 1. The van der Waals surface area contributed by atoms with Crippen LogP contribution >= 0.6 is 10.6 Å². The first-order valence-electron chi connectivity index (χ1n) is 19.9. The van der Waals surface area contributed by atoms with E-state index in [4.69, 9.17) is 0 Å². The topological polar surface area (TPSA) is 93.0 Å². The zero-order valence-corrected chi connectivity index (χ0v) is 33.0. The first-order chi connectivity index (χ1) is 23.9. The van der Waals surface area contributed by atoms with E-state index in [0.717, 1.165) is 44.7 Å². The molecule has 1 aromatic carbocycles. The van der Waals surface area contributed by atoms with Gasteiger partial charge in [-0.3, -0.25) is 14.0 Å². The van der Waals surface area contributed by atoms with Crippen LogP contribution in [0.15, 0.2) is 36.4 Å². The Labute approximate surface area is 308 Å². The first kappa shape index (κ1) is 37.6. The van der Waals surface area contributed by atoms with E-state index in [1.807, 2.05) is 6.07 Å². The molecule has 0 amide bonds. The van der Waals surface area contributed by atoms with E-state index in [1.54, 1.807) is 0 Å². The van der Waals surface area contributed by atoms with Crippen molar-refractivity contribution in [2.45, 2.75) is 99.3 Å². The second-order valence-electron chi connectivity index (χ2n) is 19.3. The van der Waals surface area contributed by atoms with E-state index in [0.29, 0.717) is 46.5 Å². The monoisotopic (exact) mass is 724 g/mol. The van der Waals surface area contributed by atoms with Crippen molar-refractivity contribution in [3.63, 3.8) is 0 Å². The van der Waals surface area contributed by atoms with E-state index < -0.39 is 22.4 Å². The molecule has 51 heavy (non-hydrogen) atoms. The summed E-state index contributed by atoms with van der Waals surface area (Å²) >= 11 is 0. The third-order valence-electron chi connectivity index (χ3n) is 16.9. The number of halogens is 1. The molecule has 8 heteroatoms. The quantitative estimate of drug-likeness (QED) is 0.158. The Kier molecular flexibility index (Phi) is 9.55. The first-order valence-corrected chi connectivity index (χ1v) is 21.8. The Hall–Kier alpha value is -1.71. The third-order valence-corrected chi connectivity index (χ3v) is 18.6. The van der Waals surface area contributed by atoms with Gasteiger partial charge in [0, 0.05) is 32.7 Å². The van der Waals surface area contributed by atoms with Gasteiger partial charge in [0.1, 0.15) is 5.82 Å². The number of rotatable bonds is 8. The van der Waals surface area contributed by atoms with Crippen molar-refractivity contribution in [1.82, 2.24) is 10.2 Å². The van der Waals surface area contributed by atoms with Crippen molar-refractivity contribution < 1.29 is 23.4 Å². The molecule has 5 aliphatic carbocycles. The fourth-order valence-electron chi connectivity index (χ4n) is 14.1. The van der Waals surface area contributed by atoms with Crippen molar-refractivity contribution in [2.75, 3.05) is 44.2 Å². The second kappa shape index (κ2) is 13.0. The minimum absolute atomic E-state index is 0.148. The molecule has 1 saturated heterocycles. The highest BCUT2D eigenvalue weighted by Gasteiger charge is 2.70. The summed E-state index contributed by atoms with van der Waals surface area (Å²) in [4.78, 5) is 13.9. The van der Waals surface area contributed by atoms with Crippen LogP contribution in [-0.2, 0) is 0 Å². The van der Waals surface area contributed by atoms with Crippen LogP contribution in [0.3, 0.4) is 0 Å². The number of hydrogen-bond donors (Lipinski definition) is 4. The van der Waals surface area contributed by atoms with Crippen LogP contribution in [0.1, 0.15) is 115 Å². The van der Waals surface area contributed by atoms with E-state index in [1.165, 1.54) is 74.6 Å². The Morgan fingerprint density at radius 3 is 2.37 bits per heavy atom. The van der Waals surface area contributed by atoms with Gasteiger partial charge in [-0.15, -0.1) is 0 Å². The largest absolute Gasteiger partial charge is 0.478 e. The van der Waals surface area contributed by atoms with Crippen LogP contribution in [0.4, 0.5) is 4.39 Å². The number of hydrogen-bond acceptors (Lipinski definition) is 5. The average Bonchev–Trinajstić information content (AvgIpc) is 3.44. The summed E-state index contributed by atoms with van der Waals surface area (Å²) in [5.74, 6) is 2.16. The van der Waals surface area contributed by atoms with Crippen molar-refractivity contribution in [3.8, 4) is 0 Å². The molecule has 1 aliphatic heterocycles. The Morgan fingerprint density at radius 1 is 0.980 bits per heavy atom. The number of nitrogens with one attached hydrogen (secondary N) is 1. The van der Waals surface area contributed by atoms with Crippen molar-refractivity contribution in [3.05, 3.63) is 53.4 Å². The van der Waals surface area contributed by atoms with Gasteiger partial charge in [0.25, 0.3) is 0 Å². The molecule has 0 unspecified atom stereocenters. The summed E-state index contributed by atoms with van der Waals surface area (Å²) in [5, 5.41) is 13.4. The molecule has 6 aliphatic rings. The summed E-state index contributed by atoms with van der Waals surface area (Å²) < 4.78 is 35.0. The number of fused-ring (bicyclic) bond motifs is 7. The maximum Gasteiger partial charge on any atom is 0.338 e. The number of benzene rings is 1. The predicted octanol–water partition coefficient (Wildman–Crippen LogP) is 9.83. The van der Waals surface area contributed by atoms with Crippen LogP contribution in [0.5, 0.6) is 0 Å². The van der Waals surface area contributed by atoms with Crippen LogP contribution in [0.25, 0.3) is 5.57 Å². The molecule has 0 radical (unpaired) electrons. The summed E-state index contributed by atoms with van der Waals surface area (Å²) in [6, 6.07) is 4.70. The lowest BCUT2D eigenvalue weighted by Crippen LogP contribution is -2.65.